The molecule has 0 saturated heterocycles. The molecule has 0 aromatic heterocycles. The molecule has 26 heavy (non-hydrogen) atoms. The summed E-state index contributed by atoms with van der Waals surface area (Å²) in [5.41, 5.74) is 0.0247. The molecule has 1 saturated carbocycles. The van der Waals surface area contributed by atoms with E-state index in [9.17, 15) is 18.3 Å². The van der Waals surface area contributed by atoms with Crippen molar-refractivity contribution in [1.29, 1.82) is 0 Å². The summed E-state index contributed by atoms with van der Waals surface area (Å²) in [6.07, 6.45) is 0. The third kappa shape index (κ3) is 2.92. The van der Waals surface area contributed by atoms with Gasteiger partial charge in [0.15, 0.2) is 9.84 Å². The van der Waals surface area contributed by atoms with Crippen molar-refractivity contribution < 1.29 is 23.1 Å². The van der Waals surface area contributed by atoms with Crippen LogP contribution in [0.5, 0.6) is 0 Å². The van der Waals surface area contributed by atoms with Gasteiger partial charge in [0.25, 0.3) is 0 Å². The van der Waals surface area contributed by atoms with Crippen molar-refractivity contribution in [2.75, 3.05) is 13.7 Å². The maximum Gasteiger partial charge on any atom is 0.314 e. The molecule has 5 nitrogen and oxygen atoms in total. The van der Waals surface area contributed by atoms with E-state index in [0.29, 0.717) is 10.6 Å². The molecule has 138 valence electrons. The predicted octanol–water partition coefficient (Wildman–Crippen LogP) is 3.31. The number of hydrogen-bond donors (Lipinski definition) is 1. The SMILES string of the molecule is COC[C@@]1(C(=O)O)[C@@H](c2ccc(Cl)cc2)[C@@H]1S(=O)(=O)c1ccc(C)cc1. The molecule has 0 radical (unpaired) electrons. The Bertz CT molecular complexity index is 921. The van der Waals surface area contributed by atoms with E-state index in [0.717, 1.165) is 5.56 Å². The van der Waals surface area contributed by atoms with E-state index in [1.807, 2.05) is 6.92 Å². The second kappa shape index (κ2) is 6.68. The van der Waals surface area contributed by atoms with Gasteiger partial charge in [-0.25, -0.2) is 8.42 Å². The van der Waals surface area contributed by atoms with Crippen molar-refractivity contribution >= 4 is 27.4 Å². The van der Waals surface area contributed by atoms with E-state index >= 15 is 0 Å². The first-order chi connectivity index (χ1) is 12.2. The summed E-state index contributed by atoms with van der Waals surface area (Å²) in [6, 6.07) is 13.0. The van der Waals surface area contributed by atoms with Crippen molar-refractivity contribution in [2.45, 2.75) is 23.0 Å². The highest BCUT2D eigenvalue weighted by Crippen LogP contribution is 2.64. The summed E-state index contributed by atoms with van der Waals surface area (Å²) < 4.78 is 31.5. The van der Waals surface area contributed by atoms with Crippen molar-refractivity contribution in [3.63, 3.8) is 0 Å². The molecule has 1 N–H and O–H groups in total. The Kier molecular flexibility index (Phi) is 4.86. The van der Waals surface area contributed by atoms with Gasteiger partial charge in [-0.2, -0.15) is 0 Å². The smallest absolute Gasteiger partial charge is 0.314 e. The average Bonchev–Trinajstić information content (AvgIpc) is 3.27. The van der Waals surface area contributed by atoms with E-state index in [2.05, 4.69) is 0 Å². The Morgan fingerprint density at radius 3 is 2.23 bits per heavy atom. The van der Waals surface area contributed by atoms with Crippen LogP contribution in [0.3, 0.4) is 0 Å². The fraction of sp³-hybridized carbons (Fsp3) is 0.316. The van der Waals surface area contributed by atoms with E-state index in [1.165, 1.54) is 19.2 Å². The van der Waals surface area contributed by atoms with E-state index in [4.69, 9.17) is 16.3 Å². The van der Waals surface area contributed by atoms with Crippen LogP contribution in [0.1, 0.15) is 17.0 Å². The van der Waals surface area contributed by atoms with Gasteiger partial charge in [0.1, 0.15) is 5.41 Å². The zero-order chi connectivity index (χ0) is 19.1. The Morgan fingerprint density at radius 1 is 1.15 bits per heavy atom. The number of ether oxygens (including phenoxy) is 1. The maximum atomic E-state index is 13.2. The van der Waals surface area contributed by atoms with E-state index < -0.39 is 32.4 Å². The molecule has 3 atom stereocenters. The number of aliphatic carboxylic acids is 1. The Labute approximate surface area is 157 Å². The van der Waals surface area contributed by atoms with Crippen molar-refractivity contribution in [2.24, 2.45) is 5.41 Å². The number of carboxylic acid groups (broad SMARTS) is 1. The molecule has 1 aliphatic carbocycles. The largest absolute Gasteiger partial charge is 0.481 e. The van der Waals surface area contributed by atoms with E-state index in [-0.39, 0.29) is 11.5 Å². The molecule has 0 spiro atoms. The molecule has 1 aliphatic rings. The lowest BCUT2D eigenvalue weighted by Gasteiger charge is -2.12. The first-order valence-corrected chi connectivity index (χ1v) is 9.96. The van der Waals surface area contributed by atoms with Crippen LogP contribution in [0.2, 0.25) is 5.02 Å². The van der Waals surface area contributed by atoms with Crippen LogP contribution in [0.15, 0.2) is 53.4 Å². The van der Waals surface area contributed by atoms with Crippen LogP contribution < -0.4 is 0 Å². The lowest BCUT2D eigenvalue weighted by atomic mass is 10.0. The number of carbonyl (C=O) groups is 1. The topological polar surface area (TPSA) is 80.7 Å². The molecule has 2 aromatic rings. The molecule has 1 fully saturated rings. The van der Waals surface area contributed by atoms with Crippen molar-refractivity contribution in [3.8, 4) is 0 Å². The van der Waals surface area contributed by atoms with Gasteiger partial charge in [-0.1, -0.05) is 41.4 Å². The van der Waals surface area contributed by atoms with Gasteiger partial charge in [-0.05, 0) is 36.8 Å². The van der Waals surface area contributed by atoms with Crippen LogP contribution in [0.4, 0.5) is 0 Å². The minimum Gasteiger partial charge on any atom is -0.481 e. The van der Waals surface area contributed by atoms with E-state index in [1.54, 1.807) is 36.4 Å². The minimum absolute atomic E-state index is 0.117. The highest BCUT2D eigenvalue weighted by molar-refractivity contribution is 7.92. The second-order valence-corrected chi connectivity index (χ2v) is 9.09. The summed E-state index contributed by atoms with van der Waals surface area (Å²) in [7, 11) is -2.49. The lowest BCUT2D eigenvalue weighted by molar-refractivity contribution is -0.145. The van der Waals surface area contributed by atoms with Gasteiger partial charge in [0.05, 0.1) is 16.8 Å². The number of halogens is 1. The maximum absolute atomic E-state index is 13.2. The number of hydrogen-bond acceptors (Lipinski definition) is 4. The molecular formula is C19H19ClO5S. The van der Waals surface area contributed by atoms with Crippen LogP contribution in [0.25, 0.3) is 0 Å². The Balaban J connectivity index is 2.11. The molecule has 3 rings (SSSR count). The highest BCUT2D eigenvalue weighted by Gasteiger charge is 2.76. The standard InChI is InChI=1S/C19H19ClO5S/c1-12-3-9-15(10-4-12)26(23,24)17-16(13-5-7-14(20)8-6-13)19(17,11-25-2)18(21)22/h3-10,16-17H,11H2,1-2H3,(H,21,22)/t16-,17-,19+/m0/s1. The quantitative estimate of drug-likeness (QED) is 0.812. The monoisotopic (exact) mass is 394 g/mol. The second-order valence-electron chi connectivity index (χ2n) is 6.59. The van der Waals surface area contributed by atoms with Crippen molar-refractivity contribution in [3.05, 3.63) is 64.7 Å². The first-order valence-electron chi connectivity index (χ1n) is 8.03. The minimum atomic E-state index is -3.86. The number of carboxylic acids is 1. The van der Waals surface area contributed by atoms with Crippen LogP contribution in [-0.4, -0.2) is 38.5 Å². The molecule has 0 aliphatic heterocycles. The average molecular weight is 395 g/mol. The normalized spacial score (nSPS) is 25.0. The molecule has 0 amide bonds. The fourth-order valence-corrected chi connectivity index (χ4v) is 6.09. The summed E-state index contributed by atoms with van der Waals surface area (Å²) in [4.78, 5) is 12.2. The summed E-state index contributed by atoms with van der Waals surface area (Å²) in [5.74, 6) is -1.89. The van der Waals surface area contributed by atoms with Gasteiger partial charge >= 0.3 is 5.97 Å². The molecule has 7 heteroatoms. The fourth-order valence-electron chi connectivity index (χ4n) is 3.60. The number of aryl methyl sites for hydroxylation is 1. The van der Waals surface area contributed by atoms with Crippen molar-refractivity contribution in [1.82, 2.24) is 0 Å². The molecule has 0 unspecified atom stereocenters. The zero-order valence-corrected chi connectivity index (χ0v) is 15.9. The lowest BCUT2D eigenvalue weighted by Crippen LogP contribution is -2.28. The van der Waals surface area contributed by atoms with Crippen LogP contribution in [0, 0.1) is 12.3 Å². The summed E-state index contributed by atoms with van der Waals surface area (Å²) >= 11 is 5.91. The number of benzene rings is 2. The van der Waals surface area contributed by atoms with Gasteiger partial charge in [-0.15, -0.1) is 0 Å². The Morgan fingerprint density at radius 2 is 1.73 bits per heavy atom. The Hall–Kier alpha value is -1.89. The summed E-state index contributed by atoms with van der Waals surface area (Å²) in [5, 5.41) is 9.27. The van der Waals surface area contributed by atoms with Gasteiger partial charge in [-0.3, -0.25) is 4.79 Å². The van der Waals surface area contributed by atoms with Crippen LogP contribution in [-0.2, 0) is 19.4 Å². The zero-order valence-electron chi connectivity index (χ0n) is 14.3. The molecule has 0 bridgehead atoms. The summed E-state index contributed by atoms with van der Waals surface area (Å²) in [6.45, 7) is 1.67. The molecule has 0 heterocycles. The highest BCUT2D eigenvalue weighted by atomic mass is 35.5. The van der Waals surface area contributed by atoms with Gasteiger partial charge < -0.3 is 9.84 Å². The van der Waals surface area contributed by atoms with Crippen LogP contribution >= 0.6 is 11.6 Å². The number of rotatable bonds is 6. The molecular weight excluding hydrogens is 376 g/mol. The van der Waals surface area contributed by atoms with Gasteiger partial charge in [0, 0.05) is 18.1 Å². The van der Waals surface area contributed by atoms with Gasteiger partial charge in [0.2, 0.25) is 0 Å². The predicted molar refractivity (Wildman–Crippen MR) is 98.3 cm³/mol. The third-order valence-electron chi connectivity index (χ3n) is 4.95. The first kappa shape index (κ1) is 18.9. The number of methoxy groups -OCH3 is 1. The number of sulfone groups is 1. The molecule has 2 aromatic carbocycles. The third-order valence-corrected chi connectivity index (χ3v) is 7.49.